The van der Waals surface area contributed by atoms with Crippen LogP contribution < -0.4 is 0 Å². The van der Waals surface area contributed by atoms with Gasteiger partial charge >= 0.3 is 11.9 Å². The Morgan fingerprint density at radius 2 is 1.75 bits per heavy atom. The lowest BCUT2D eigenvalue weighted by Crippen LogP contribution is -2.11. The standard InChI is InChI=1S/C14H14N2O4/c1-8-10(13(17)19-2)11(14(18)20-3)12(16-8)9-6-4-5-7-15-9/h4-7,16H,1-3H3. The largest absolute Gasteiger partial charge is 0.465 e. The molecular formula is C14H14N2O4. The van der Waals surface area contributed by atoms with Crippen molar-refractivity contribution in [1.82, 2.24) is 9.97 Å². The zero-order valence-corrected chi connectivity index (χ0v) is 11.4. The van der Waals surface area contributed by atoms with Crippen LogP contribution in [0.4, 0.5) is 0 Å². The molecule has 104 valence electrons. The molecule has 1 N–H and O–H groups in total. The molecule has 2 rings (SSSR count). The predicted octanol–water partition coefficient (Wildman–Crippen LogP) is 1.96. The van der Waals surface area contributed by atoms with Gasteiger partial charge in [0, 0.05) is 11.9 Å². The molecule has 2 heterocycles. The van der Waals surface area contributed by atoms with E-state index in [9.17, 15) is 9.59 Å². The maximum Gasteiger partial charge on any atom is 0.341 e. The number of esters is 2. The third-order valence-corrected chi connectivity index (χ3v) is 2.89. The van der Waals surface area contributed by atoms with Crippen LogP contribution in [0.3, 0.4) is 0 Å². The second kappa shape index (κ2) is 5.56. The molecule has 0 unspecified atom stereocenters. The van der Waals surface area contributed by atoms with Crippen LogP contribution in [0.2, 0.25) is 0 Å². The van der Waals surface area contributed by atoms with Gasteiger partial charge in [0.2, 0.25) is 0 Å². The lowest BCUT2D eigenvalue weighted by atomic mass is 10.1. The summed E-state index contributed by atoms with van der Waals surface area (Å²) in [7, 11) is 2.52. The molecule has 0 atom stereocenters. The number of hydrogen-bond donors (Lipinski definition) is 1. The quantitative estimate of drug-likeness (QED) is 0.865. The highest BCUT2D eigenvalue weighted by Gasteiger charge is 2.28. The lowest BCUT2D eigenvalue weighted by molar-refractivity contribution is 0.0556. The Labute approximate surface area is 115 Å². The summed E-state index contributed by atoms with van der Waals surface area (Å²) in [5.74, 6) is -1.21. The van der Waals surface area contributed by atoms with Crippen molar-refractivity contribution in [3.05, 3.63) is 41.2 Å². The Bertz CT molecular complexity index is 647. The number of methoxy groups -OCH3 is 2. The number of aromatic nitrogens is 2. The first kappa shape index (κ1) is 13.8. The van der Waals surface area contributed by atoms with E-state index in [4.69, 9.17) is 9.47 Å². The molecule has 0 fully saturated rings. The van der Waals surface area contributed by atoms with Gasteiger partial charge in [-0.2, -0.15) is 0 Å². The number of carbonyl (C=O) groups is 2. The van der Waals surface area contributed by atoms with E-state index in [-0.39, 0.29) is 11.1 Å². The Kier molecular flexibility index (Phi) is 3.84. The van der Waals surface area contributed by atoms with Crippen LogP contribution in [0.25, 0.3) is 11.4 Å². The van der Waals surface area contributed by atoms with Gasteiger partial charge in [0.15, 0.2) is 0 Å². The fourth-order valence-corrected chi connectivity index (χ4v) is 1.99. The van der Waals surface area contributed by atoms with Crippen molar-refractivity contribution in [2.45, 2.75) is 6.92 Å². The van der Waals surface area contributed by atoms with E-state index in [1.54, 1.807) is 31.3 Å². The normalized spacial score (nSPS) is 10.2. The average Bonchev–Trinajstić information content (AvgIpc) is 2.84. The number of hydrogen-bond acceptors (Lipinski definition) is 5. The summed E-state index contributed by atoms with van der Waals surface area (Å²) in [6, 6.07) is 5.29. The van der Waals surface area contributed by atoms with Gasteiger partial charge in [0.1, 0.15) is 5.56 Å². The summed E-state index contributed by atoms with van der Waals surface area (Å²) < 4.78 is 9.47. The van der Waals surface area contributed by atoms with Gasteiger partial charge in [-0.3, -0.25) is 4.98 Å². The lowest BCUT2D eigenvalue weighted by Gasteiger charge is -2.04. The predicted molar refractivity (Wildman–Crippen MR) is 71.4 cm³/mol. The van der Waals surface area contributed by atoms with Crippen molar-refractivity contribution in [3.8, 4) is 11.4 Å². The zero-order valence-electron chi connectivity index (χ0n) is 11.4. The summed E-state index contributed by atoms with van der Waals surface area (Å²) in [6.07, 6.45) is 1.60. The van der Waals surface area contributed by atoms with Crippen LogP contribution in [-0.2, 0) is 9.47 Å². The van der Waals surface area contributed by atoms with Crippen LogP contribution in [0.1, 0.15) is 26.4 Å². The SMILES string of the molecule is COC(=O)c1c(C)[nH]c(-c2ccccn2)c1C(=O)OC. The van der Waals surface area contributed by atoms with E-state index in [1.807, 2.05) is 0 Å². The molecule has 2 aromatic rings. The molecule has 6 heteroatoms. The van der Waals surface area contributed by atoms with Crippen LogP contribution in [0.15, 0.2) is 24.4 Å². The minimum atomic E-state index is -0.615. The van der Waals surface area contributed by atoms with E-state index in [0.717, 1.165) is 0 Å². The number of rotatable bonds is 3. The Morgan fingerprint density at radius 3 is 2.30 bits per heavy atom. The second-order valence-corrected chi connectivity index (χ2v) is 4.07. The maximum absolute atomic E-state index is 12.0. The molecule has 0 bridgehead atoms. The summed E-state index contributed by atoms with van der Waals surface area (Å²) in [6.45, 7) is 1.69. The smallest absolute Gasteiger partial charge is 0.341 e. The van der Waals surface area contributed by atoms with Crippen LogP contribution >= 0.6 is 0 Å². The van der Waals surface area contributed by atoms with E-state index in [1.165, 1.54) is 14.2 Å². The molecule has 2 aromatic heterocycles. The first-order chi connectivity index (χ1) is 9.60. The molecule has 0 aliphatic rings. The van der Waals surface area contributed by atoms with Crippen LogP contribution in [-0.4, -0.2) is 36.1 Å². The highest BCUT2D eigenvalue weighted by atomic mass is 16.5. The monoisotopic (exact) mass is 274 g/mol. The van der Waals surface area contributed by atoms with Gasteiger partial charge in [0.05, 0.1) is 31.2 Å². The van der Waals surface area contributed by atoms with Gasteiger partial charge in [-0.15, -0.1) is 0 Å². The summed E-state index contributed by atoms with van der Waals surface area (Å²) >= 11 is 0. The Morgan fingerprint density at radius 1 is 1.10 bits per heavy atom. The highest BCUT2D eigenvalue weighted by molar-refractivity contribution is 6.08. The maximum atomic E-state index is 12.0. The van der Waals surface area contributed by atoms with Crippen molar-refractivity contribution in [3.63, 3.8) is 0 Å². The minimum absolute atomic E-state index is 0.135. The highest BCUT2D eigenvalue weighted by Crippen LogP contribution is 2.28. The molecule has 0 saturated carbocycles. The summed E-state index contributed by atoms with van der Waals surface area (Å²) in [5, 5.41) is 0. The number of pyridine rings is 1. The van der Waals surface area contributed by atoms with Crippen molar-refractivity contribution < 1.29 is 19.1 Å². The van der Waals surface area contributed by atoms with Gasteiger partial charge in [-0.05, 0) is 19.1 Å². The fourth-order valence-electron chi connectivity index (χ4n) is 1.99. The number of aromatic amines is 1. The summed E-state index contributed by atoms with van der Waals surface area (Å²) in [4.78, 5) is 31.0. The van der Waals surface area contributed by atoms with Crippen LogP contribution in [0, 0.1) is 6.92 Å². The minimum Gasteiger partial charge on any atom is -0.465 e. The average molecular weight is 274 g/mol. The molecule has 20 heavy (non-hydrogen) atoms. The molecule has 0 spiro atoms. The van der Waals surface area contributed by atoms with Crippen molar-refractivity contribution in [2.24, 2.45) is 0 Å². The number of carbonyl (C=O) groups excluding carboxylic acids is 2. The van der Waals surface area contributed by atoms with Gasteiger partial charge in [-0.1, -0.05) is 6.07 Å². The molecule has 0 radical (unpaired) electrons. The molecule has 0 aliphatic carbocycles. The number of H-pyrrole nitrogens is 1. The third kappa shape index (κ3) is 2.27. The number of aryl methyl sites for hydroxylation is 1. The van der Waals surface area contributed by atoms with E-state index >= 15 is 0 Å². The van der Waals surface area contributed by atoms with Crippen LogP contribution in [0.5, 0.6) is 0 Å². The van der Waals surface area contributed by atoms with E-state index < -0.39 is 11.9 Å². The van der Waals surface area contributed by atoms with Gasteiger partial charge in [0.25, 0.3) is 0 Å². The molecule has 0 aromatic carbocycles. The second-order valence-electron chi connectivity index (χ2n) is 4.07. The Balaban J connectivity index is 2.70. The van der Waals surface area contributed by atoms with Gasteiger partial charge in [-0.25, -0.2) is 9.59 Å². The van der Waals surface area contributed by atoms with Gasteiger partial charge < -0.3 is 14.5 Å². The zero-order chi connectivity index (χ0) is 14.7. The Hall–Kier alpha value is -2.63. The topological polar surface area (TPSA) is 81.3 Å². The van der Waals surface area contributed by atoms with Crippen molar-refractivity contribution >= 4 is 11.9 Å². The molecule has 0 saturated heterocycles. The molecule has 6 nitrogen and oxygen atoms in total. The fraction of sp³-hybridized carbons (Fsp3) is 0.214. The third-order valence-electron chi connectivity index (χ3n) is 2.89. The van der Waals surface area contributed by atoms with Crippen molar-refractivity contribution in [1.29, 1.82) is 0 Å². The first-order valence-electron chi connectivity index (χ1n) is 5.90. The number of nitrogens with zero attached hydrogens (tertiary/aromatic N) is 1. The van der Waals surface area contributed by atoms with E-state index in [0.29, 0.717) is 17.1 Å². The van der Waals surface area contributed by atoms with Crippen molar-refractivity contribution in [2.75, 3.05) is 14.2 Å². The molecule has 0 amide bonds. The molecular weight excluding hydrogens is 260 g/mol. The number of nitrogens with one attached hydrogen (secondary N) is 1. The molecule has 0 aliphatic heterocycles. The number of ether oxygens (including phenoxy) is 2. The first-order valence-corrected chi connectivity index (χ1v) is 5.90. The summed E-state index contributed by atoms with van der Waals surface area (Å²) in [5.41, 5.74) is 1.81. The van der Waals surface area contributed by atoms with E-state index in [2.05, 4.69) is 9.97 Å².